The fraction of sp³-hybridized carbons (Fsp3) is 0.917. The van der Waals surface area contributed by atoms with Crippen LogP contribution < -0.4 is 5.73 Å². The molecular weight excluding hydrogens is 190 g/mol. The van der Waals surface area contributed by atoms with E-state index in [1.807, 2.05) is 6.92 Å². The van der Waals surface area contributed by atoms with Gasteiger partial charge in [-0.2, -0.15) is 0 Å². The van der Waals surface area contributed by atoms with Crippen molar-refractivity contribution in [3.05, 3.63) is 0 Å². The van der Waals surface area contributed by atoms with Crippen molar-refractivity contribution in [2.24, 2.45) is 17.6 Å². The average Bonchev–Trinajstić information content (AvgIpc) is 2.29. The third-order valence-corrected chi connectivity index (χ3v) is 3.30. The fourth-order valence-electron chi connectivity index (χ4n) is 2.10. The standard InChI is InChI=1S/C12H23NO2/c1-2-11(8-13)12(14)15-9-10-6-4-3-5-7-10/h10-11H,2-9,13H2,1H3. The van der Waals surface area contributed by atoms with E-state index in [0.717, 1.165) is 6.42 Å². The summed E-state index contributed by atoms with van der Waals surface area (Å²) in [5.41, 5.74) is 5.49. The number of rotatable bonds is 5. The number of ether oxygens (including phenoxy) is 1. The first kappa shape index (κ1) is 12.5. The minimum absolute atomic E-state index is 0.103. The third-order valence-electron chi connectivity index (χ3n) is 3.30. The van der Waals surface area contributed by atoms with Gasteiger partial charge in [-0.15, -0.1) is 0 Å². The van der Waals surface area contributed by atoms with Gasteiger partial charge in [0, 0.05) is 6.54 Å². The van der Waals surface area contributed by atoms with E-state index in [9.17, 15) is 4.79 Å². The molecule has 0 radical (unpaired) electrons. The molecule has 0 heterocycles. The molecular formula is C12H23NO2. The lowest BCUT2D eigenvalue weighted by Gasteiger charge is -2.22. The summed E-state index contributed by atoms with van der Waals surface area (Å²) in [6, 6.07) is 0. The van der Waals surface area contributed by atoms with Crippen LogP contribution in [0.4, 0.5) is 0 Å². The van der Waals surface area contributed by atoms with E-state index in [2.05, 4.69) is 0 Å². The van der Waals surface area contributed by atoms with Gasteiger partial charge in [-0.25, -0.2) is 0 Å². The van der Waals surface area contributed by atoms with Crippen LogP contribution in [0.15, 0.2) is 0 Å². The van der Waals surface area contributed by atoms with Gasteiger partial charge < -0.3 is 10.5 Å². The largest absolute Gasteiger partial charge is 0.465 e. The molecule has 0 saturated heterocycles. The van der Waals surface area contributed by atoms with Crippen LogP contribution in [0.3, 0.4) is 0 Å². The van der Waals surface area contributed by atoms with Crippen molar-refractivity contribution in [2.75, 3.05) is 13.2 Å². The number of hydrogen-bond donors (Lipinski definition) is 1. The van der Waals surface area contributed by atoms with Crippen LogP contribution in [-0.4, -0.2) is 19.1 Å². The van der Waals surface area contributed by atoms with Crippen LogP contribution >= 0.6 is 0 Å². The molecule has 1 rings (SSSR count). The van der Waals surface area contributed by atoms with E-state index in [0.29, 0.717) is 19.1 Å². The zero-order chi connectivity index (χ0) is 11.1. The zero-order valence-corrected chi connectivity index (χ0v) is 9.71. The number of carbonyl (C=O) groups is 1. The Hall–Kier alpha value is -0.570. The van der Waals surface area contributed by atoms with E-state index in [1.54, 1.807) is 0 Å². The van der Waals surface area contributed by atoms with Crippen LogP contribution in [0.1, 0.15) is 45.4 Å². The van der Waals surface area contributed by atoms with Gasteiger partial charge in [-0.1, -0.05) is 26.2 Å². The summed E-state index contributed by atoms with van der Waals surface area (Å²) in [6.07, 6.45) is 7.12. The van der Waals surface area contributed by atoms with Crippen molar-refractivity contribution in [1.82, 2.24) is 0 Å². The van der Waals surface area contributed by atoms with Crippen molar-refractivity contribution in [2.45, 2.75) is 45.4 Å². The van der Waals surface area contributed by atoms with Crippen molar-refractivity contribution in [1.29, 1.82) is 0 Å². The summed E-state index contributed by atoms with van der Waals surface area (Å²) < 4.78 is 5.31. The van der Waals surface area contributed by atoms with Crippen LogP contribution in [0.2, 0.25) is 0 Å². The quantitative estimate of drug-likeness (QED) is 0.711. The highest BCUT2D eigenvalue weighted by molar-refractivity contribution is 5.72. The van der Waals surface area contributed by atoms with Gasteiger partial charge in [0.05, 0.1) is 12.5 Å². The molecule has 1 fully saturated rings. The fourth-order valence-corrected chi connectivity index (χ4v) is 2.10. The Morgan fingerprint density at radius 1 is 1.40 bits per heavy atom. The molecule has 0 aromatic rings. The zero-order valence-electron chi connectivity index (χ0n) is 9.71. The molecule has 1 aliphatic rings. The Balaban J connectivity index is 2.20. The molecule has 0 spiro atoms. The van der Waals surface area contributed by atoms with Gasteiger partial charge in [0.25, 0.3) is 0 Å². The third kappa shape index (κ3) is 4.20. The molecule has 1 unspecified atom stereocenters. The predicted octanol–water partition coefficient (Wildman–Crippen LogP) is 2.09. The first-order chi connectivity index (χ1) is 7.27. The number of nitrogens with two attached hydrogens (primary N) is 1. The van der Waals surface area contributed by atoms with E-state index in [4.69, 9.17) is 10.5 Å². The SMILES string of the molecule is CCC(CN)C(=O)OCC1CCCCC1. The molecule has 0 bridgehead atoms. The van der Waals surface area contributed by atoms with Gasteiger partial charge in [-0.05, 0) is 25.2 Å². The summed E-state index contributed by atoms with van der Waals surface area (Å²) in [5, 5.41) is 0. The summed E-state index contributed by atoms with van der Waals surface area (Å²) >= 11 is 0. The lowest BCUT2D eigenvalue weighted by molar-refractivity contribution is -0.150. The minimum Gasteiger partial charge on any atom is -0.465 e. The van der Waals surface area contributed by atoms with Crippen molar-refractivity contribution in [3.63, 3.8) is 0 Å². The number of hydrogen-bond acceptors (Lipinski definition) is 3. The second-order valence-corrected chi connectivity index (χ2v) is 4.47. The number of esters is 1. The smallest absolute Gasteiger partial charge is 0.310 e. The Morgan fingerprint density at radius 3 is 2.60 bits per heavy atom. The second-order valence-electron chi connectivity index (χ2n) is 4.47. The van der Waals surface area contributed by atoms with Crippen LogP contribution in [0, 0.1) is 11.8 Å². The second kappa shape index (κ2) is 6.83. The maximum absolute atomic E-state index is 11.5. The summed E-state index contributed by atoms with van der Waals surface area (Å²) in [4.78, 5) is 11.5. The highest BCUT2D eigenvalue weighted by atomic mass is 16.5. The van der Waals surface area contributed by atoms with Gasteiger partial charge in [0.2, 0.25) is 0 Å². The van der Waals surface area contributed by atoms with Gasteiger partial charge in [-0.3, -0.25) is 4.79 Å². The predicted molar refractivity (Wildman–Crippen MR) is 60.4 cm³/mol. The Labute approximate surface area is 92.4 Å². The maximum Gasteiger partial charge on any atom is 0.310 e. The highest BCUT2D eigenvalue weighted by Crippen LogP contribution is 2.23. The number of carbonyl (C=O) groups excluding carboxylic acids is 1. The summed E-state index contributed by atoms with van der Waals surface area (Å²) in [7, 11) is 0. The van der Waals surface area contributed by atoms with Crippen LogP contribution in [0.25, 0.3) is 0 Å². The molecule has 15 heavy (non-hydrogen) atoms. The van der Waals surface area contributed by atoms with Gasteiger partial charge in [0.15, 0.2) is 0 Å². The van der Waals surface area contributed by atoms with Gasteiger partial charge >= 0.3 is 5.97 Å². The van der Waals surface area contributed by atoms with Crippen molar-refractivity contribution >= 4 is 5.97 Å². The molecule has 0 aromatic carbocycles. The Morgan fingerprint density at radius 2 is 2.07 bits per heavy atom. The molecule has 3 nitrogen and oxygen atoms in total. The maximum atomic E-state index is 11.5. The Kier molecular flexibility index (Phi) is 5.69. The molecule has 2 N–H and O–H groups in total. The first-order valence-electron chi connectivity index (χ1n) is 6.14. The average molecular weight is 213 g/mol. The monoisotopic (exact) mass is 213 g/mol. The lowest BCUT2D eigenvalue weighted by Crippen LogP contribution is -2.27. The van der Waals surface area contributed by atoms with E-state index < -0.39 is 0 Å². The summed E-state index contributed by atoms with van der Waals surface area (Å²) in [6.45, 7) is 2.98. The minimum atomic E-state index is -0.106. The molecule has 1 aliphatic carbocycles. The molecule has 0 aromatic heterocycles. The first-order valence-corrected chi connectivity index (χ1v) is 6.14. The van der Waals surface area contributed by atoms with Crippen molar-refractivity contribution < 1.29 is 9.53 Å². The normalized spacial score (nSPS) is 19.9. The highest BCUT2D eigenvalue weighted by Gasteiger charge is 2.19. The van der Waals surface area contributed by atoms with E-state index in [1.165, 1.54) is 32.1 Å². The van der Waals surface area contributed by atoms with Crippen LogP contribution in [-0.2, 0) is 9.53 Å². The molecule has 1 saturated carbocycles. The van der Waals surface area contributed by atoms with Crippen molar-refractivity contribution in [3.8, 4) is 0 Å². The lowest BCUT2D eigenvalue weighted by atomic mass is 9.90. The molecule has 0 amide bonds. The topological polar surface area (TPSA) is 52.3 Å². The Bertz CT molecular complexity index is 184. The molecule has 88 valence electrons. The molecule has 1 atom stereocenters. The van der Waals surface area contributed by atoms with E-state index in [-0.39, 0.29) is 11.9 Å². The summed E-state index contributed by atoms with van der Waals surface area (Å²) in [5.74, 6) is 0.386. The van der Waals surface area contributed by atoms with E-state index >= 15 is 0 Å². The molecule has 0 aliphatic heterocycles. The van der Waals surface area contributed by atoms with Crippen LogP contribution in [0.5, 0.6) is 0 Å². The molecule has 3 heteroatoms. The van der Waals surface area contributed by atoms with Gasteiger partial charge in [0.1, 0.15) is 0 Å².